The highest BCUT2D eigenvalue weighted by Gasteiger charge is 2.27. The van der Waals surface area contributed by atoms with Crippen molar-refractivity contribution in [3.8, 4) is 0 Å². The summed E-state index contributed by atoms with van der Waals surface area (Å²) in [7, 11) is 0. The Morgan fingerprint density at radius 1 is 1.09 bits per heavy atom. The lowest BCUT2D eigenvalue weighted by Gasteiger charge is -2.27. The highest BCUT2D eigenvalue weighted by atomic mass is 79.9. The maximum Gasteiger partial charge on any atom is 0.264 e. The Hall–Kier alpha value is -2.83. The van der Waals surface area contributed by atoms with Crippen LogP contribution < -0.4 is 14.8 Å². The van der Waals surface area contributed by atoms with E-state index in [0.717, 1.165) is 41.7 Å². The van der Waals surface area contributed by atoms with Crippen molar-refractivity contribution in [3.63, 3.8) is 0 Å². The minimum Gasteiger partial charge on any atom is -0.308 e. The third-order valence-corrected chi connectivity index (χ3v) is 6.38. The molecule has 2 aromatic carbocycles. The van der Waals surface area contributed by atoms with Gasteiger partial charge in [0.2, 0.25) is 0 Å². The fourth-order valence-corrected chi connectivity index (χ4v) is 4.88. The Labute approximate surface area is 203 Å². The van der Waals surface area contributed by atoms with E-state index in [2.05, 4.69) is 34.2 Å². The lowest BCUT2D eigenvalue weighted by Crippen LogP contribution is -2.39. The Kier molecular flexibility index (Phi) is 7.68. The van der Waals surface area contributed by atoms with Gasteiger partial charge in [0.05, 0.1) is 10.5 Å². The number of hydrogen-bond acceptors (Lipinski definition) is 3. The van der Waals surface area contributed by atoms with Crippen molar-refractivity contribution in [3.05, 3.63) is 94.2 Å². The van der Waals surface area contributed by atoms with E-state index in [9.17, 15) is 9.59 Å². The van der Waals surface area contributed by atoms with Gasteiger partial charge in [0.1, 0.15) is 12.1 Å². The number of halogens is 1. The van der Waals surface area contributed by atoms with Crippen molar-refractivity contribution in [1.82, 2.24) is 5.32 Å². The van der Waals surface area contributed by atoms with Gasteiger partial charge in [-0.15, -0.1) is 0 Å². The molecule has 0 fully saturated rings. The SMILES string of the molecule is CCC[n+]1cc(Br)cc(C(=O)N(CCC(=O)C2NCCc3ccccc32)c2ccccc2)c1. The molecule has 1 aromatic heterocycles. The summed E-state index contributed by atoms with van der Waals surface area (Å²) in [6.07, 6.45) is 6.03. The molecule has 1 unspecified atom stereocenters. The molecule has 6 heteroatoms. The Balaban J connectivity index is 1.57. The summed E-state index contributed by atoms with van der Waals surface area (Å²) in [6, 6.07) is 19.2. The Morgan fingerprint density at radius 3 is 2.64 bits per heavy atom. The van der Waals surface area contributed by atoms with E-state index in [4.69, 9.17) is 0 Å². The molecule has 1 N–H and O–H groups in total. The van der Waals surface area contributed by atoms with Crippen molar-refractivity contribution in [1.29, 1.82) is 0 Å². The molecule has 4 rings (SSSR count). The molecule has 0 radical (unpaired) electrons. The predicted octanol–water partition coefficient (Wildman–Crippen LogP) is 4.64. The summed E-state index contributed by atoms with van der Waals surface area (Å²) in [4.78, 5) is 28.6. The average molecular weight is 507 g/mol. The maximum atomic E-state index is 13.6. The number of carbonyl (C=O) groups excluding carboxylic acids is 2. The van der Waals surface area contributed by atoms with Gasteiger partial charge in [-0.1, -0.05) is 49.4 Å². The third-order valence-electron chi connectivity index (χ3n) is 5.94. The number of aryl methyl sites for hydroxylation is 1. The zero-order valence-corrected chi connectivity index (χ0v) is 20.4. The van der Waals surface area contributed by atoms with Crippen LogP contribution in [0.4, 0.5) is 5.69 Å². The Bertz CT molecular complexity index is 1130. The van der Waals surface area contributed by atoms with Crippen LogP contribution in [-0.2, 0) is 17.8 Å². The number of benzene rings is 2. The molecule has 0 saturated heterocycles. The molecule has 33 heavy (non-hydrogen) atoms. The van der Waals surface area contributed by atoms with Crippen molar-refractivity contribution in [2.75, 3.05) is 18.0 Å². The topological polar surface area (TPSA) is 53.3 Å². The van der Waals surface area contributed by atoms with Gasteiger partial charge in [0.25, 0.3) is 5.91 Å². The second-order valence-corrected chi connectivity index (χ2v) is 9.24. The first-order valence-electron chi connectivity index (χ1n) is 11.5. The van der Waals surface area contributed by atoms with E-state index in [1.54, 1.807) is 4.90 Å². The minimum absolute atomic E-state index is 0.103. The first kappa shape index (κ1) is 23.3. The number of nitrogens with one attached hydrogen (secondary N) is 1. The predicted molar refractivity (Wildman–Crippen MR) is 133 cm³/mol. The summed E-state index contributed by atoms with van der Waals surface area (Å²) in [5.74, 6) is -0.0108. The molecule has 0 aliphatic carbocycles. The first-order valence-corrected chi connectivity index (χ1v) is 12.3. The summed E-state index contributed by atoms with van der Waals surface area (Å²) in [5, 5.41) is 3.37. The third kappa shape index (κ3) is 5.57. The van der Waals surface area contributed by atoms with Gasteiger partial charge >= 0.3 is 0 Å². The Morgan fingerprint density at radius 2 is 1.85 bits per heavy atom. The van der Waals surface area contributed by atoms with Crippen molar-refractivity contribution < 1.29 is 14.2 Å². The molecule has 5 nitrogen and oxygen atoms in total. The normalized spacial score (nSPS) is 15.0. The average Bonchev–Trinajstić information content (AvgIpc) is 2.84. The van der Waals surface area contributed by atoms with Crippen LogP contribution in [0.15, 0.2) is 77.5 Å². The standard InChI is InChI=1S/C27H29BrN3O2/c1-2-15-30-18-21(17-22(28)19-30)27(33)31(23-9-4-3-5-10-23)16-13-25(32)26-24-11-7-6-8-20(24)12-14-29-26/h3-11,17-19,26,29H,2,12-16H2,1H3/q+1. The largest absolute Gasteiger partial charge is 0.308 e. The number of carbonyl (C=O) groups is 2. The number of ketones is 1. The second kappa shape index (κ2) is 10.9. The zero-order chi connectivity index (χ0) is 23.2. The van der Waals surface area contributed by atoms with Gasteiger partial charge < -0.3 is 10.2 Å². The summed E-state index contributed by atoms with van der Waals surface area (Å²) < 4.78 is 2.88. The fraction of sp³-hybridized carbons (Fsp3) is 0.296. The molecule has 1 aliphatic heterocycles. The van der Waals surface area contributed by atoms with Crippen LogP contribution >= 0.6 is 15.9 Å². The van der Waals surface area contributed by atoms with E-state index in [1.807, 2.05) is 71.6 Å². The van der Waals surface area contributed by atoms with Crippen molar-refractivity contribution in [2.24, 2.45) is 0 Å². The highest BCUT2D eigenvalue weighted by Crippen LogP contribution is 2.25. The number of nitrogens with zero attached hydrogens (tertiary/aromatic N) is 2. The van der Waals surface area contributed by atoms with Gasteiger partial charge in [0, 0.05) is 31.6 Å². The smallest absolute Gasteiger partial charge is 0.264 e. The van der Waals surface area contributed by atoms with Crippen molar-refractivity contribution >= 4 is 33.3 Å². The summed E-state index contributed by atoms with van der Waals surface area (Å²) >= 11 is 3.53. The number of rotatable bonds is 8. The van der Waals surface area contributed by atoms with E-state index < -0.39 is 0 Å². The number of pyridine rings is 1. The number of Topliss-reactive ketones (excluding diaryl/α,β-unsaturated/α-hetero) is 1. The molecule has 1 atom stereocenters. The van der Waals surface area contributed by atoms with Crippen LogP contribution in [0, 0.1) is 0 Å². The monoisotopic (exact) mass is 506 g/mol. The maximum absolute atomic E-state index is 13.6. The number of hydrogen-bond donors (Lipinski definition) is 1. The molecule has 170 valence electrons. The number of anilines is 1. The summed E-state index contributed by atoms with van der Waals surface area (Å²) in [6.45, 7) is 4.04. The van der Waals surface area contributed by atoms with E-state index in [-0.39, 0.29) is 24.2 Å². The number of aromatic nitrogens is 1. The molecular formula is C27H29BrN3O2+. The molecule has 0 bridgehead atoms. The number of para-hydroxylation sites is 1. The lowest BCUT2D eigenvalue weighted by molar-refractivity contribution is -0.697. The second-order valence-electron chi connectivity index (χ2n) is 8.33. The van der Waals surface area contributed by atoms with E-state index >= 15 is 0 Å². The van der Waals surface area contributed by atoms with Crippen LogP contribution in [0.5, 0.6) is 0 Å². The van der Waals surface area contributed by atoms with Crippen LogP contribution in [0.3, 0.4) is 0 Å². The lowest BCUT2D eigenvalue weighted by atomic mass is 9.91. The van der Waals surface area contributed by atoms with Crippen LogP contribution in [-0.4, -0.2) is 24.8 Å². The molecule has 1 amide bonds. The molecular weight excluding hydrogens is 478 g/mol. The van der Waals surface area contributed by atoms with Crippen LogP contribution in [0.25, 0.3) is 0 Å². The number of fused-ring (bicyclic) bond motifs is 1. The first-order chi connectivity index (χ1) is 16.1. The van der Waals surface area contributed by atoms with Crippen molar-refractivity contribution in [2.45, 2.75) is 38.8 Å². The van der Waals surface area contributed by atoms with Crippen LogP contribution in [0.1, 0.15) is 47.3 Å². The fourth-order valence-electron chi connectivity index (χ4n) is 4.37. The number of amides is 1. The highest BCUT2D eigenvalue weighted by molar-refractivity contribution is 9.10. The van der Waals surface area contributed by atoms with Gasteiger partial charge in [0.15, 0.2) is 18.2 Å². The molecule has 0 spiro atoms. The zero-order valence-electron chi connectivity index (χ0n) is 18.8. The van der Waals surface area contributed by atoms with Gasteiger partial charge in [-0.3, -0.25) is 9.59 Å². The van der Waals surface area contributed by atoms with E-state index in [1.165, 1.54) is 5.56 Å². The molecule has 0 saturated carbocycles. The van der Waals surface area contributed by atoms with E-state index in [0.29, 0.717) is 12.1 Å². The van der Waals surface area contributed by atoms with Gasteiger partial charge in [-0.05, 0) is 51.7 Å². The van der Waals surface area contributed by atoms with Gasteiger partial charge in [-0.2, -0.15) is 0 Å². The quantitative estimate of drug-likeness (QED) is 0.452. The summed E-state index contributed by atoms with van der Waals surface area (Å²) in [5.41, 5.74) is 3.66. The van der Waals surface area contributed by atoms with Gasteiger partial charge in [-0.25, -0.2) is 4.57 Å². The minimum atomic E-state index is -0.319. The molecule has 1 aliphatic rings. The molecule has 3 aromatic rings. The van der Waals surface area contributed by atoms with Crippen LogP contribution in [0.2, 0.25) is 0 Å². The molecule has 2 heterocycles.